The van der Waals surface area contributed by atoms with E-state index in [0.29, 0.717) is 12.2 Å². The van der Waals surface area contributed by atoms with Gasteiger partial charge in [-0.3, -0.25) is 4.79 Å². The SMILES string of the molecule is CC(NC(=O)c1ccc(OCC2CCCO2)c(Br)c1)c1ccccc1. The maximum atomic E-state index is 12.5. The second-order valence-electron chi connectivity index (χ2n) is 6.20. The Morgan fingerprint density at radius 1 is 1.32 bits per heavy atom. The summed E-state index contributed by atoms with van der Waals surface area (Å²) in [6.07, 6.45) is 2.30. The third kappa shape index (κ3) is 4.83. The number of carbonyl (C=O) groups is 1. The van der Waals surface area contributed by atoms with Gasteiger partial charge in [0.1, 0.15) is 12.4 Å². The van der Waals surface area contributed by atoms with E-state index in [2.05, 4.69) is 21.2 Å². The van der Waals surface area contributed by atoms with Crippen LogP contribution in [0.4, 0.5) is 0 Å². The van der Waals surface area contributed by atoms with Crippen LogP contribution in [0.1, 0.15) is 41.7 Å². The van der Waals surface area contributed by atoms with E-state index in [9.17, 15) is 4.79 Å². The summed E-state index contributed by atoms with van der Waals surface area (Å²) in [5, 5.41) is 3.02. The van der Waals surface area contributed by atoms with E-state index in [0.717, 1.165) is 35.2 Å². The number of hydrogen-bond donors (Lipinski definition) is 1. The van der Waals surface area contributed by atoms with Gasteiger partial charge in [0.2, 0.25) is 0 Å². The number of benzene rings is 2. The Balaban J connectivity index is 1.60. The molecule has 0 aliphatic carbocycles. The minimum absolute atomic E-state index is 0.0529. The molecule has 0 saturated carbocycles. The van der Waals surface area contributed by atoms with Gasteiger partial charge in [0.25, 0.3) is 5.91 Å². The third-order valence-corrected chi connectivity index (χ3v) is 4.91. The molecular weight excluding hydrogens is 382 g/mol. The summed E-state index contributed by atoms with van der Waals surface area (Å²) in [5.41, 5.74) is 1.67. The number of rotatable bonds is 6. The summed E-state index contributed by atoms with van der Waals surface area (Å²) in [6, 6.07) is 15.2. The molecule has 0 bridgehead atoms. The Morgan fingerprint density at radius 2 is 2.12 bits per heavy atom. The first-order valence-corrected chi connectivity index (χ1v) is 9.32. The van der Waals surface area contributed by atoms with Crippen molar-refractivity contribution >= 4 is 21.8 Å². The smallest absolute Gasteiger partial charge is 0.251 e. The zero-order valence-electron chi connectivity index (χ0n) is 14.2. The summed E-state index contributed by atoms with van der Waals surface area (Å²) in [4.78, 5) is 12.5. The molecule has 2 unspecified atom stereocenters. The van der Waals surface area contributed by atoms with Crippen LogP contribution in [0.15, 0.2) is 53.0 Å². The van der Waals surface area contributed by atoms with Crippen molar-refractivity contribution in [3.63, 3.8) is 0 Å². The van der Waals surface area contributed by atoms with Gasteiger partial charge in [-0.25, -0.2) is 0 Å². The van der Waals surface area contributed by atoms with Gasteiger partial charge in [0.15, 0.2) is 0 Å². The van der Waals surface area contributed by atoms with Gasteiger partial charge < -0.3 is 14.8 Å². The normalized spacial score (nSPS) is 17.9. The fourth-order valence-electron chi connectivity index (χ4n) is 2.82. The predicted molar refractivity (Wildman–Crippen MR) is 101 cm³/mol. The van der Waals surface area contributed by atoms with Crippen molar-refractivity contribution in [2.75, 3.05) is 13.2 Å². The molecule has 1 saturated heterocycles. The molecule has 1 aliphatic heterocycles. The van der Waals surface area contributed by atoms with Crippen molar-refractivity contribution < 1.29 is 14.3 Å². The molecule has 1 fully saturated rings. The summed E-state index contributed by atoms with van der Waals surface area (Å²) in [6.45, 7) is 3.32. The molecule has 4 nitrogen and oxygen atoms in total. The fourth-order valence-corrected chi connectivity index (χ4v) is 3.32. The monoisotopic (exact) mass is 403 g/mol. The maximum absolute atomic E-state index is 12.5. The van der Waals surface area contributed by atoms with E-state index in [1.54, 1.807) is 12.1 Å². The first kappa shape index (κ1) is 18.0. The first-order valence-electron chi connectivity index (χ1n) is 8.53. The molecule has 2 aromatic carbocycles. The average Bonchev–Trinajstić information content (AvgIpc) is 3.15. The Labute approximate surface area is 156 Å². The second-order valence-corrected chi connectivity index (χ2v) is 7.05. The number of amides is 1. The molecule has 0 radical (unpaired) electrons. The third-order valence-electron chi connectivity index (χ3n) is 4.29. The summed E-state index contributed by atoms with van der Waals surface area (Å²) < 4.78 is 12.1. The molecule has 2 aromatic rings. The molecule has 0 spiro atoms. The van der Waals surface area contributed by atoms with Crippen molar-refractivity contribution in [1.82, 2.24) is 5.32 Å². The Hall–Kier alpha value is -1.85. The lowest BCUT2D eigenvalue weighted by Gasteiger charge is -2.16. The maximum Gasteiger partial charge on any atom is 0.251 e. The highest BCUT2D eigenvalue weighted by molar-refractivity contribution is 9.10. The van der Waals surface area contributed by atoms with Crippen LogP contribution in [0.2, 0.25) is 0 Å². The van der Waals surface area contributed by atoms with Crippen molar-refractivity contribution in [2.45, 2.75) is 31.9 Å². The molecule has 2 atom stereocenters. The van der Waals surface area contributed by atoms with Crippen LogP contribution in [0.25, 0.3) is 0 Å². The fraction of sp³-hybridized carbons (Fsp3) is 0.350. The van der Waals surface area contributed by atoms with Crippen molar-refractivity contribution in [3.05, 3.63) is 64.1 Å². The van der Waals surface area contributed by atoms with Crippen LogP contribution in [0, 0.1) is 0 Å². The molecule has 5 heteroatoms. The number of nitrogens with one attached hydrogen (secondary N) is 1. The van der Waals surface area contributed by atoms with Crippen LogP contribution < -0.4 is 10.1 Å². The van der Waals surface area contributed by atoms with Crippen molar-refractivity contribution in [1.29, 1.82) is 0 Å². The lowest BCUT2D eigenvalue weighted by Crippen LogP contribution is -2.26. The van der Waals surface area contributed by atoms with Crippen LogP contribution in [0.5, 0.6) is 5.75 Å². The second kappa shape index (κ2) is 8.50. The molecule has 25 heavy (non-hydrogen) atoms. The number of carbonyl (C=O) groups excluding carboxylic acids is 1. The Bertz CT molecular complexity index is 714. The van der Waals surface area contributed by atoms with Gasteiger partial charge in [-0.2, -0.15) is 0 Å². The summed E-state index contributed by atoms with van der Waals surface area (Å²) >= 11 is 3.49. The lowest BCUT2D eigenvalue weighted by atomic mass is 10.1. The van der Waals surface area contributed by atoms with E-state index >= 15 is 0 Å². The largest absolute Gasteiger partial charge is 0.490 e. The average molecular weight is 404 g/mol. The molecule has 1 amide bonds. The van der Waals surface area contributed by atoms with Crippen molar-refractivity contribution in [2.24, 2.45) is 0 Å². The topological polar surface area (TPSA) is 47.6 Å². The van der Waals surface area contributed by atoms with Crippen LogP contribution in [-0.2, 0) is 4.74 Å². The van der Waals surface area contributed by atoms with Gasteiger partial charge in [-0.15, -0.1) is 0 Å². The van der Waals surface area contributed by atoms with Gasteiger partial charge >= 0.3 is 0 Å². The zero-order valence-corrected chi connectivity index (χ0v) is 15.8. The van der Waals surface area contributed by atoms with Gasteiger partial charge in [-0.1, -0.05) is 30.3 Å². The van der Waals surface area contributed by atoms with E-state index in [1.165, 1.54) is 0 Å². The quantitative estimate of drug-likeness (QED) is 0.772. The molecule has 1 aliphatic rings. The molecule has 1 heterocycles. The van der Waals surface area contributed by atoms with Crippen LogP contribution >= 0.6 is 15.9 Å². The molecule has 132 valence electrons. The lowest BCUT2D eigenvalue weighted by molar-refractivity contribution is 0.0677. The Morgan fingerprint density at radius 3 is 2.80 bits per heavy atom. The molecule has 0 aromatic heterocycles. The number of ether oxygens (including phenoxy) is 2. The van der Waals surface area contributed by atoms with E-state index in [1.807, 2.05) is 43.3 Å². The molecule has 1 N–H and O–H groups in total. The van der Waals surface area contributed by atoms with Crippen LogP contribution in [-0.4, -0.2) is 25.2 Å². The predicted octanol–water partition coefficient (Wildman–Crippen LogP) is 4.50. The first-order chi connectivity index (χ1) is 12.1. The van der Waals surface area contributed by atoms with Crippen LogP contribution in [0.3, 0.4) is 0 Å². The highest BCUT2D eigenvalue weighted by Crippen LogP contribution is 2.27. The van der Waals surface area contributed by atoms with Gasteiger partial charge in [0.05, 0.1) is 16.6 Å². The zero-order chi connectivity index (χ0) is 17.6. The number of hydrogen-bond acceptors (Lipinski definition) is 3. The standard InChI is InChI=1S/C20H22BrNO3/c1-14(15-6-3-2-4-7-15)22-20(23)16-9-10-19(18(21)12-16)25-13-17-8-5-11-24-17/h2-4,6-7,9-10,12,14,17H,5,8,11,13H2,1H3,(H,22,23). The van der Waals surface area contributed by atoms with Crippen molar-refractivity contribution in [3.8, 4) is 5.75 Å². The number of halogens is 1. The summed E-state index contributed by atoms with van der Waals surface area (Å²) in [7, 11) is 0. The highest BCUT2D eigenvalue weighted by Gasteiger charge is 2.17. The van der Waals surface area contributed by atoms with E-state index in [-0.39, 0.29) is 18.1 Å². The molecule has 3 rings (SSSR count). The minimum atomic E-state index is -0.109. The van der Waals surface area contributed by atoms with Gasteiger partial charge in [-0.05, 0) is 59.5 Å². The highest BCUT2D eigenvalue weighted by atomic mass is 79.9. The molecular formula is C20H22BrNO3. The summed E-state index contributed by atoms with van der Waals surface area (Å²) in [5.74, 6) is 0.617. The van der Waals surface area contributed by atoms with Gasteiger partial charge in [0, 0.05) is 12.2 Å². The Kier molecular flexibility index (Phi) is 6.10. The minimum Gasteiger partial charge on any atom is -0.490 e. The van der Waals surface area contributed by atoms with E-state index < -0.39 is 0 Å². The van der Waals surface area contributed by atoms with E-state index in [4.69, 9.17) is 9.47 Å².